The number of aromatic nitrogens is 2. The molecule has 0 unspecified atom stereocenters. The largest absolute Gasteiger partial charge is 0.326 e. The van der Waals surface area contributed by atoms with E-state index in [0.717, 1.165) is 5.56 Å². The lowest BCUT2D eigenvalue weighted by atomic mass is 10.2. The van der Waals surface area contributed by atoms with E-state index in [1.54, 1.807) is 24.3 Å². The van der Waals surface area contributed by atoms with Crippen molar-refractivity contribution in [1.82, 2.24) is 14.9 Å². The number of anilines is 1. The highest BCUT2D eigenvalue weighted by Gasteiger charge is 2.14. The molecule has 0 bridgehead atoms. The second kappa shape index (κ2) is 6.71. The Morgan fingerprint density at radius 1 is 1.27 bits per heavy atom. The van der Waals surface area contributed by atoms with E-state index in [2.05, 4.69) is 20.2 Å². The Morgan fingerprint density at radius 3 is 2.50 bits per heavy atom. The van der Waals surface area contributed by atoms with Gasteiger partial charge in [-0.3, -0.25) is 9.89 Å². The molecule has 1 aromatic heterocycles. The fraction of sp³-hybridized carbons (Fsp3) is 0.286. The number of rotatable bonds is 6. The van der Waals surface area contributed by atoms with Crippen molar-refractivity contribution in [3.05, 3.63) is 42.2 Å². The van der Waals surface area contributed by atoms with Gasteiger partial charge in [0, 0.05) is 24.3 Å². The maximum atomic E-state index is 11.9. The summed E-state index contributed by atoms with van der Waals surface area (Å²) in [6.07, 6.45) is 2.56. The third-order valence-corrected chi connectivity index (χ3v) is 4.36. The molecule has 0 saturated heterocycles. The average Bonchev–Trinajstić information content (AvgIpc) is 3.01. The number of benzene rings is 1. The van der Waals surface area contributed by atoms with Crippen molar-refractivity contribution in [2.75, 3.05) is 5.32 Å². The number of amides is 1. The predicted molar refractivity (Wildman–Crippen MR) is 82.5 cm³/mol. The Balaban J connectivity index is 1.96. The molecule has 2 aromatic rings. The second-order valence-electron chi connectivity index (χ2n) is 5.10. The normalized spacial score (nSPS) is 11.6. The molecule has 118 valence electrons. The highest BCUT2D eigenvalue weighted by atomic mass is 32.2. The van der Waals surface area contributed by atoms with E-state index < -0.39 is 10.0 Å². The maximum Gasteiger partial charge on any atom is 0.243 e. The minimum atomic E-state index is -3.57. The molecule has 1 amide bonds. The molecule has 0 aliphatic carbocycles. The van der Waals surface area contributed by atoms with Crippen molar-refractivity contribution in [3.63, 3.8) is 0 Å². The first-order valence-electron chi connectivity index (χ1n) is 6.77. The van der Waals surface area contributed by atoms with Crippen LogP contribution in [0, 0.1) is 5.92 Å². The van der Waals surface area contributed by atoms with Crippen LogP contribution in [0.1, 0.15) is 19.4 Å². The van der Waals surface area contributed by atoms with Crippen molar-refractivity contribution in [2.45, 2.75) is 25.3 Å². The number of hydrogen-bond acceptors (Lipinski definition) is 4. The molecule has 0 spiro atoms. The van der Waals surface area contributed by atoms with Gasteiger partial charge in [-0.25, -0.2) is 13.1 Å². The van der Waals surface area contributed by atoms with Crippen LogP contribution in [-0.2, 0) is 21.4 Å². The van der Waals surface area contributed by atoms with Crippen molar-refractivity contribution in [3.8, 4) is 0 Å². The molecule has 8 heteroatoms. The van der Waals surface area contributed by atoms with Gasteiger partial charge in [-0.15, -0.1) is 0 Å². The quantitative estimate of drug-likeness (QED) is 0.749. The molecule has 1 heterocycles. The van der Waals surface area contributed by atoms with Gasteiger partial charge >= 0.3 is 0 Å². The molecule has 3 N–H and O–H groups in total. The van der Waals surface area contributed by atoms with Gasteiger partial charge in [-0.05, 0) is 17.7 Å². The summed E-state index contributed by atoms with van der Waals surface area (Å²) in [6, 6.07) is 6.99. The van der Waals surface area contributed by atoms with Crippen LogP contribution in [0.3, 0.4) is 0 Å². The Morgan fingerprint density at radius 2 is 1.95 bits per heavy atom. The molecule has 7 nitrogen and oxygen atoms in total. The number of nitrogens with one attached hydrogen (secondary N) is 3. The van der Waals surface area contributed by atoms with Crippen LogP contribution in [0.2, 0.25) is 0 Å². The van der Waals surface area contributed by atoms with Crippen molar-refractivity contribution < 1.29 is 13.2 Å². The van der Waals surface area contributed by atoms with E-state index >= 15 is 0 Å². The minimum absolute atomic E-state index is 0.0617. The summed E-state index contributed by atoms with van der Waals surface area (Å²) in [5.74, 6) is -0.158. The Hall–Kier alpha value is -2.19. The van der Waals surface area contributed by atoms with Gasteiger partial charge < -0.3 is 5.32 Å². The van der Waals surface area contributed by atoms with Crippen molar-refractivity contribution in [2.24, 2.45) is 5.92 Å². The lowest BCUT2D eigenvalue weighted by molar-refractivity contribution is -0.118. The Labute approximate surface area is 129 Å². The summed E-state index contributed by atoms with van der Waals surface area (Å²) in [4.78, 5) is 11.7. The highest BCUT2D eigenvalue weighted by molar-refractivity contribution is 7.89. The second-order valence-corrected chi connectivity index (χ2v) is 6.87. The van der Waals surface area contributed by atoms with E-state index in [0.29, 0.717) is 5.69 Å². The SMILES string of the molecule is CC(C)C(=O)Nc1ccc(CNS(=O)(=O)c2cn[nH]c2)cc1. The summed E-state index contributed by atoms with van der Waals surface area (Å²) >= 11 is 0. The molecule has 0 radical (unpaired) electrons. The van der Waals surface area contributed by atoms with E-state index in [-0.39, 0.29) is 23.3 Å². The molecule has 0 aliphatic rings. The van der Waals surface area contributed by atoms with E-state index in [9.17, 15) is 13.2 Å². The summed E-state index contributed by atoms with van der Waals surface area (Å²) in [7, 11) is -3.57. The van der Waals surface area contributed by atoms with Crippen molar-refractivity contribution in [1.29, 1.82) is 0 Å². The third-order valence-electron chi connectivity index (χ3n) is 3.00. The molecule has 1 aromatic carbocycles. The van der Waals surface area contributed by atoms with Gasteiger partial charge in [-0.1, -0.05) is 26.0 Å². The molecule has 2 rings (SSSR count). The van der Waals surface area contributed by atoms with Crippen LogP contribution in [0.4, 0.5) is 5.69 Å². The molecule has 22 heavy (non-hydrogen) atoms. The fourth-order valence-corrected chi connectivity index (χ4v) is 2.56. The first kappa shape index (κ1) is 16.2. The van der Waals surface area contributed by atoms with E-state index in [4.69, 9.17) is 0 Å². The summed E-state index contributed by atoms with van der Waals surface area (Å²) < 4.78 is 26.3. The first-order chi connectivity index (χ1) is 10.4. The predicted octanol–water partition coefficient (Wildman–Crippen LogP) is 1.48. The van der Waals surface area contributed by atoms with Gasteiger partial charge in [0.15, 0.2) is 0 Å². The standard InChI is InChI=1S/C14H18N4O3S/c1-10(2)14(19)18-12-5-3-11(4-6-12)7-17-22(20,21)13-8-15-16-9-13/h3-6,8-10,17H,7H2,1-2H3,(H,15,16)(H,18,19). The lowest BCUT2D eigenvalue weighted by Gasteiger charge is -2.09. The zero-order valence-electron chi connectivity index (χ0n) is 12.3. The molecular formula is C14H18N4O3S. The zero-order chi connectivity index (χ0) is 16.2. The van der Waals surface area contributed by atoms with Crippen LogP contribution in [-0.4, -0.2) is 24.5 Å². The van der Waals surface area contributed by atoms with Crippen LogP contribution in [0.5, 0.6) is 0 Å². The Kier molecular flexibility index (Phi) is 4.94. The highest BCUT2D eigenvalue weighted by Crippen LogP contribution is 2.12. The lowest BCUT2D eigenvalue weighted by Crippen LogP contribution is -2.22. The van der Waals surface area contributed by atoms with Gasteiger partial charge in [0.05, 0.1) is 6.20 Å². The molecule has 0 aliphatic heterocycles. The van der Waals surface area contributed by atoms with Gasteiger partial charge in [0.2, 0.25) is 15.9 Å². The molecule has 0 fully saturated rings. The van der Waals surface area contributed by atoms with Crippen LogP contribution >= 0.6 is 0 Å². The first-order valence-corrected chi connectivity index (χ1v) is 8.25. The Bertz CT molecular complexity index is 722. The summed E-state index contributed by atoms with van der Waals surface area (Å²) in [5, 5.41) is 8.85. The topological polar surface area (TPSA) is 104 Å². The number of sulfonamides is 1. The number of nitrogens with zero attached hydrogens (tertiary/aromatic N) is 1. The maximum absolute atomic E-state index is 11.9. The van der Waals surface area contributed by atoms with Gasteiger partial charge in [0.1, 0.15) is 4.90 Å². The molecule has 0 saturated carbocycles. The molecule has 0 atom stereocenters. The average molecular weight is 322 g/mol. The monoisotopic (exact) mass is 322 g/mol. The van der Waals surface area contributed by atoms with E-state index in [1.807, 2.05) is 13.8 Å². The zero-order valence-corrected chi connectivity index (χ0v) is 13.1. The van der Waals surface area contributed by atoms with Crippen LogP contribution in [0.15, 0.2) is 41.6 Å². The molecular weight excluding hydrogens is 304 g/mol. The number of hydrogen-bond donors (Lipinski definition) is 3. The minimum Gasteiger partial charge on any atom is -0.326 e. The third kappa shape index (κ3) is 4.15. The van der Waals surface area contributed by atoms with Crippen LogP contribution < -0.4 is 10.0 Å². The van der Waals surface area contributed by atoms with Crippen LogP contribution in [0.25, 0.3) is 0 Å². The fourth-order valence-electron chi connectivity index (χ4n) is 1.64. The summed E-state index contributed by atoms with van der Waals surface area (Å²) in [5.41, 5.74) is 1.47. The smallest absolute Gasteiger partial charge is 0.243 e. The number of carbonyl (C=O) groups excluding carboxylic acids is 1. The van der Waals surface area contributed by atoms with Gasteiger partial charge in [-0.2, -0.15) is 5.10 Å². The number of aromatic amines is 1. The number of carbonyl (C=O) groups is 1. The van der Waals surface area contributed by atoms with E-state index in [1.165, 1.54) is 12.4 Å². The number of H-pyrrole nitrogens is 1. The summed E-state index contributed by atoms with van der Waals surface area (Å²) in [6.45, 7) is 3.79. The van der Waals surface area contributed by atoms with Gasteiger partial charge in [0.25, 0.3) is 0 Å². The van der Waals surface area contributed by atoms with Crippen molar-refractivity contribution >= 4 is 21.6 Å².